The summed E-state index contributed by atoms with van der Waals surface area (Å²) in [4.78, 5) is 4.65. The first kappa shape index (κ1) is 20.3. The van der Waals surface area contributed by atoms with Crippen molar-refractivity contribution in [1.82, 2.24) is 5.32 Å². The highest BCUT2D eigenvalue weighted by atomic mass is 127. The van der Waals surface area contributed by atoms with Crippen LogP contribution >= 0.6 is 24.0 Å². The molecule has 0 saturated heterocycles. The van der Waals surface area contributed by atoms with E-state index in [2.05, 4.69) is 16.4 Å². The normalized spacial score (nSPS) is 21.3. The molecule has 3 N–H and O–H groups in total. The Morgan fingerprint density at radius 1 is 1.40 bits per heavy atom. The minimum Gasteiger partial charge on any atom is -0.493 e. The number of aliphatic imine (C=N–C) groups is 1. The van der Waals surface area contributed by atoms with E-state index >= 15 is 0 Å². The van der Waals surface area contributed by atoms with E-state index in [4.69, 9.17) is 15.2 Å². The number of benzene rings is 1. The Labute approximate surface area is 167 Å². The smallest absolute Gasteiger partial charge is 0.189 e. The van der Waals surface area contributed by atoms with Gasteiger partial charge in [-0.2, -0.15) is 0 Å². The lowest BCUT2D eigenvalue weighted by atomic mass is 9.67. The second kappa shape index (κ2) is 9.62. The van der Waals surface area contributed by atoms with Crippen molar-refractivity contribution in [2.45, 2.75) is 45.1 Å². The van der Waals surface area contributed by atoms with Gasteiger partial charge in [-0.3, -0.25) is 4.99 Å². The van der Waals surface area contributed by atoms with Gasteiger partial charge < -0.3 is 20.5 Å². The maximum atomic E-state index is 6.17. The van der Waals surface area contributed by atoms with Gasteiger partial charge in [-0.1, -0.05) is 24.6 Å². The van der Waals surface area contributed by atoms with Crippen LogP contribution in [0.15, 0.2) is 29.3 Å². The van der Waals surface area contributed by atoms with Gasteiger partial charge in [0.05, 0.1) is 12.6 Å². The Morgan fingerprint density at radius 3 is 2.92 bits per heavy atom. The summed E-state index contributed by atoms with van der Waals surface area (Å²) >= 11 is 0. The van der Waals surface area contributed by atoms with Gasteiger partial charge in [-0.05, 0) is 37.7 Å². The summed E-state index contributed by atoms with van der Waals surface area (Å²) in [5.74, 6) is 1.49. The van der Waals surface area contributed by atoms with E-state index in [0.29, 0.717) is 18.0 Å². The van der Waals surface area contributed by atoms with Crippen LogP contribution in [0.25, 0.3) is 0 Å². The average molecular weight is 459 g/mol. The molecule has 1 aromatic carbocycles. The molecule has 25 heavy (non-hydrogen) atoms. The fourth-order valence-electron chi connectivity index (χ4n) is 3.57. The second-order valence-corrected chi connectivity index (χ2v) is 6.87. The van der Waals surface area contributed by atoms with E-state index in [1.54, 1.807) is 0 Å². The summed E-state index contributed by atoms with van der Waals surface area (Å²) in [5, 5.41) is 3.38. The van der Waals surface area contributed by atoms with Crippen LogP contribution in [0.5, 0.6) is 5.75 Å². The molecule has 2 aliphatic rings. The highest BCUT2D eigenvalue weighted by Gasteiger charge is 2.36. The Balaban J connectivity index is 0.00000225. The third-order valence-electron chi connectivity index (χ3n) is 5.26. The predicted octanol–water partition coefficient (Wildman–Crippen LogP) is 3.63. The molecule has 0 bridgehead atoms. The maximum absolute atomic E-state index is 6.17. The first-order valence-electron chi connectivity index (χ1n) is 9.08. The van der Waals surface area contributed by atoms with Crippen molar-refractivity contribution in [1.29, 1.82) is 0 Å². The van der Waals surface area contributed by atoms with Crippen molar-refractivity contribution < 1.29 is 9.47 Å². The lowest BCUT2D eigenvalue weighted by Crippen LogP contribution is -2.40. The number of halogens is 1. The third kappa shape index (κ3) is 5.23. The van der Waals surface area contributed by atoms with E-state index < -0.39 is 0 Å². The van der Waals surface area contributed by atoms with Crippen LogP contribution in [-0.2, 0) is 4.74 Å². The fourth-order valence-corrected chi connectivity index (χ4v) is 3.57. The molecule has 140 valence electrons. The van der Waals surface area contributed by atoms with Gasteiger partial charge in [0.15, 0.2) is 5.96 Å². The van der Waals surface area contributed by atoms with Crippen LogP contribution < -0.4 is 15.8 Å². The number of nitrogens with zero attached hydrogens (tertiary/aromatic N) is 1. The fraction of sp³-hybridized carbons (Fsp3) is 0.632. The van der Waals surface area contributed by atoms with Crippen LogP contribution in [-0.4, -0.2) is 32.3 Å². The van der Waals surface area contributed by atoms with Gasteiger partial charge in [0.2, 0.25) is 0 Å². The zero-order chi connectivity index (χ0) is 16.8. The molecule has 0 aromatic heterocycles. The maximum Gasteiger partial charge on any atom is 0.189 e. The Bertz CT molecular complexity index is 576. The van der Waals surface area contributed by atoms with Crippen molar-refractivity contribution in [2.24, 2.45) is 16.1 Å². The molecule has 1 saturated carbocycles. The van der Waals surface area contributed by atoms with E-state index in [1.807, 2.05) is 25.1 Å². The van der Waals surface area contributed by atoms with Crippen LogP contribution in [0.3, 0.4) is 0 Å². The Kier molecular flexibility index (Phi) is 7.81. The summed E-state index contributed by atoms with van der Waals surface area (Å²) in [7, 11) is 0. The van der Waals surface area contributed by atoms with E-state index in [0.717, 1.165) is 43.9 Å². The number of nitrogens with one attached hydrogen (secondary N) is 1. The quantitative estimate of drug-likeness (QED) is 0.283. The molecule has 1 aliphatic heterocycles. The Morgan fingerprint density at radius 2 is 2.20 bits per heavy atom. The number of fused-ring (bicyclic) bond motifs is 1. The summed E-state index contributed by atoms with van der Waals surface area (Å²) in [6.07, 6.45) is 5.75. The zero-order valence-corrected chi connectivity index (χ0v) is 17.3. The summed E-state index contributed by atoms with van der Waals surface area (Å²) in [5.41, 5.74) is 7.63. The molecule has 1 unspecified atom stereocenters. The second-order valence-electron chi connectivity index (χ2n) is 6.87. The molecule has 1 atom stereocenters. The van der Waals surface area contributed by atoms with Gasteiger partial charge in [-0.15, -0.1) is 24.0 Å². The van der Waals surface area contributed by atoms with Crippen molar-refractivity contribution >= 4 is 29.9 Å². The zero-order valence-electron chi connectivity index (χ0n) is 15.0. The number of hydrogen-bond acceptors (Lipinski definition) is 3. The molecular formula is C19H30IN3O2. The molecule has 1 heterocycles. The van der Waals surface area contributed by atoms with Crippen molar-refractivity contribution in [3.05, 3.63) is 29.8 Å². The molecule has 1 aliphatic carbocycles. The Hall–Kier alpha value is -1.02. The molecule has 0 spiro atoms. The van der Waals surface area contributed by atoms with Crippen molar-refractivity contribution in [3.8, 4) is 5.75 Å². The largest absolute Gasteiger partial charge is 0.493 e. The summed E-state index contributed by atoms with van der Waals surface area (Å²) < 4.78 is 11.2. The minimum atomic E-state index is 0. The van der Waals surface area contributed by atoms with Crippen LogP contribution in [0.4, 0.5) is 0 Å². The number of ether oxygens (including phenoxy) is 2. The molecule has 5 nitrogen and oxygen atoms in total. The van der Waals surface area contributed by atoms with E-state index in [-0.39, 0.29) is 30.0 Å². The first-order chi connectivity index (χ1) is 11.7. The topological polar surface area (TPSA) is 68.9 Å². The molecular weight excluding hydrogens is 429 g/mol. The van der Waals surface area contributed by atoms with Gasteiger partial charge in [0.1, 0.15) is 5.75 Å². The molecule has 6 heteroatoms. The molecule has 0 radical (unpaired) electrons. The van der Waals surface area contributed by atoms with Crippen LogP contribution in [0.2, 0.25) is 0 Å². The lowest BCUT2D eigenvalue weighted by Gasteiger charge is -2.41. The minimum absolute atomic E-state index is 0. The third-order valence-corrected chi connectivity index (χ3v) is 5.26. The number of rotatable bonds is 7. The van der Waals surface area contributed by atoms with Crippen molar-refractivity contribution in [3.63, 3.8) is 0 Å². The SMILES string of the molecule is CCOCCC1(CN=C(N)NC2CCOc3ccccc32)CCC1.I. The molecule has 1 aromatic rings. The van der Waals surface area contributed by atoms with E-state index in [9.17, 15) is 0 Å². The average Bonchev–Trinajstić information content (AvgIpc) is 2.57. The van der Waals surface area contributed by atoms with Gasteiger partial charge in [-0.25, -0.2) is 0 Å². The lowest BCUT2D eigenvalue weighted by molar-refractivity contribution is 0.0609. The molecule has 1 fully saturated rings. The van der Waals surface area contributed by atoms with Gasteiger partial charge in [0.25, 0.3) is 0 Å². The number of nitrogens with two attached hydrogens (primary N) is 1. The highest BCUT2D eigenvalue weighted by molar-refractivity contribution is 14.0. The van der Waals surface area contributed by atoms with Crippen LogP contribution in [0, 0.1) is 5.41 Å². The van der Waals surface area contributed by atoms with Crippen molar-refractivity contribution in [2.75, 3.05) is 26.4 Å². The first-order valence-corrected chi connectivity index (χ1v) is 9.08. The summed E-state index contributed by atoms with van der Waals surface area (Å²) in [6, 6.07) is 8.31. The van der Waals surface area contributed by atoms with Gasteiger partial charge in [0, 0.05) is 31.7 Å². The van der Waals surface area contributed by atoms with Crippen LogP contribution in [0.1, 0.15) is 50.6 Å². The number of hydrogen-bond donors (Lipinski definition) is 2. The predicted molar refractivity (Wildman–Crippen MR) is 112 cm³/mol. The van der Waals surface area contributed by atoms with E-state index in [1.165, 1.54) is 19.3 Å². The summed E-state index contributed by atoms with van der Waals surface area (Å²) in [6.45, 7) is 5.15. The highest BCUT2D eigenvalue weighted by Crippen LogP contribution is 2.44. The monoisotopic (exact) mass is 459 g/mol. The number of guanidine groups is 1. The molecule has 3 rings (SSSR count). The molecule has 0 amide bonds. The number of para-hydroxylation sites is 1. The van der Waals surface area contributed by atoms with Gasteiger partial charge >= 0.3 is 0 Å². The standard InChI is InChI=1S/C19H29N3O2.HI/c1-2-23-13-11-19(9-5-10-19)14-21-18(20)22-16-8-12-24-17-7-4-3-6-15(16)17;/h3-4,6-7,16H,2,5,8-14H2,1H3,(H3,20,21,22);1H.